The number of anilines is 1. The van der Waals surface area contributed by atoms with Crippen molar-refractivity contribution in [1.29, 1.82) is 0 Å². The van der Waals surface area contributed by atoms with Gasteiger partial charge in [0, 0.05) is 38.4 Å². The molecule has 0 saturated heterocycles. The Morgan fingerprint density at radius 1 is 1.25 bits per heavy atom. The Bertz CT molecular complexity index is 596. The van der Waals surface area contributed by atoms with Crippen molar-refractivity contribution >= 4 is 41.7 Å². The Kier molecular flexibility index (Phi) is 14.7. The number of hydrogen-bond acceptors (Lipinski definition) is 4. The maximum Gasteiger partial charge on any atom is 0.227 e. The van der Waals surface area contributed by atoms with Gasteiger partial charge in [-0.1, -0.05) is 19.9 Å². The van der Waals surface area contributed by atoms with Crippen molar-refractivity contribution in [2.75, 3.05) is 31.6 Å². The summed E-state index contributed by atoms with van der Waals surface area (Å²) < 4.78 is 5.75. The molecular formula is C20H36IN5O2. The van der Waals surface area contributed by atoms with Gasteiger partial charge >= 0.3 is 0 Å². The summed E-state index contributed by atoms with van der Waals surface area (Å²) >= 11 is 0. The number of nitrogens with one attached hydrogen (secondary N) is 3. The summed E-state index contributed by atoms with van der Waals surface area (Å²) in [5.41, 5.74) is 0.874. The molecule has 0 aliphatic carbocycles. The van der Waals surface area contributed by atoms with Gasteiger partial charge in [-0.2, -0.15) is 0 Å². The Morgan fingerprint density at radius 3 is 2.61 bits per heavy atom. The largest absolute Gasteiger partial charge is 0.378 e. The molecule has 1 aromatic rings. The molecule has 1 amide bonds. The highest BCUT2D eigenvalue weighted by atomic mass is 127. The lowest BCUT2D eigenvalue weighted by molar-refractivity contribution is -0.116. The molecule has 3 N–H and O–H groups in total. The van der Waals surface area contributed by atoms with Crippen molar-refractivity contribution in [2.45, 2.75) is 53.6 Å². The molecule has 160 valence electrons. The minimum atomic E-state index is -0.0762. The Hall–Kier alpha value is -1.42. The fourth-order valence-electron chi connectivity index (χ4n) is 2.58. The molecule has 28 heavy (non-hydrogen) atoms. The van der Waals surface area contributed by atoms with Gasteiger partial charge in [0.25, 0.3) is 0 Å². The first-order valence-electron chi connectivity index (χ1n) is 9.83. The molecule has 0 fully saturated rings. The predicted octanol–water partition coefficient (Wildman–Crippen LogP) is 3.34. The minimum absolute atomic E-state index is 0. The van der Waals surface area contributed by atoms with Crippen LogP contribution in [0.2, 0.25) is 0 Å². The van der Waals surface area contributed by atoms with E-state index >= 15 is 0 Å². The molecule has 0 aromatic carbocycles. The Morgan fingerprint density at radius 2 is 2.00 bits per heavy atom. The zero-order chi connectivity index (χ0) is 20.1. The van der Waals surface area contributed by atoms with Crippen molar-refractivity contribution in [3.8, 4) is 0 Å². The first-order valence-corrected chi connectivity index (χ1v) is 9.83. The fraction of sp³-hybridized carbons (Fsp3) is 0.650. The van der Waals surface area contributed by atoms with Crippen LogP contribution >= 0.6 is 24.0 Å². The van der Waals surface area contributed by atoms with Gasteiger partial charge in [-0.05, 0) is 45.2 Å². The summed E-state index contributed by atoms with van der Waals surface area (Å²) in [6.45, 7) is 12.9. The fourth-order valence-corrected chi connectivity index (χ4v) is 2.58. The first-order chi connectivity index (χ1) is 13.0. The highest BCUT2D eigenvalue weighted by molar-refractivity contribution is 14.0. The lowest BCUT2D eigenvalue weighted by atomic mass is 10.0. The van der Waals surface area contributed by atoms with Gasteiger partial charge in [-0.15, -0.1) is 24.0 Å². The number of hydrogen-bond donors (Lipinski definition) is 3. The van der Waals surface area contributed by atoms with Crippen LogP contribution < -0.4 is 16.0 Å². The number of aliphatic imine (C=N–C) groups is 1. The third-order valence-corrected chi connectivity index (χ3v) is 3.95. The van der Waals surface area contributed by atoms with E-state index in [1.54, 1.807) is 6.07 Å². The average molecular weight is 505 g/mol. The van der Waals surface area contributed by atoms with Gasteiger partial charge < -0.3 is 20.7 Å². The molecule has 0 saturated carbocycles. The third-order valence-electron chi connectivity index (χ3n) is 3.95. The summed E-state index contributed by atoms with van der Waals surface area (Å²) in [5, 5.41) is 9.21. The predicted molar refractivity (Wildman–Crippen MR) is 126 cm³/mol. The first kappa shape index (κ1) is 26.6. The second kappa shape index (κ2) is 15.5. The highest BCUT2D eigenvalue weighted by Gasteiger charge is 2.12. The van der Waals surface area contributed by atoms with E-state index in [2.05, 4.69) is 39.8 Å². The number of carbonyl (C=O) groups excluding carboxylic acids is 1. The lowest BCUT2D eigenvalue weighted by Crippen LogP contribution is -2.39. The van der Waals surface area contributed by atoms with Crippen LogP contribution in [0.3, 0.4) is 0 Å². The second-order valence-electron chi connectivity index (χ2n) is 6.68. The van der Waals surface area contributed by atoms with Crippen molar-refractivity contribution in [1.82, 2.24) is 15.6 Å². The number of amides is 1. The van der Waals surface area contributed by atoms with E-state index in [0.717, 1.165) is 31.2 Å². The van der Waals surface area contributed by atoms with Gasteiger partial charge in [0.15, 0.2) is 5.96 Å². The molecule has 1 unspecified atom stereocenters. The topological polar surface area (TPSA) is 87.6 Å². The lowest BCUT2D eigenvalue weighted by Gasteiger charge is -2.20. The maximum atomic E-state index is 12.0. The molecule has 0 bridgehead atoms. The number of carbonyl (C=O) groups is 1. The number of guanidine groups is 1. The van der Waals surface area contributed by atoms with Crippen LogP contribution in [0.5, 0.6) is 0 Å². The average Bonchev–Trinajstić information content (AvgIpc) is 2.60. The third kappa shape index (κ3) is 11.4. The zero-order valence-corrected chi connectivity index (χ0v) is 20.1. The number of rotatable bonds is 11. The molecule has 1 atom stereocenters. The Labute approximate surface area is 186 Å². The van der Waals surface area contributed by atoms with Crippen molar-refractivity contribution in [3.05, 3.63) is 23.9 Å². The van der Waals surface area contributed by atoms with Crippen LogP contribution in [-0.2, 0) is 9.53 Å². The van der Waals surface area contributed by atoms with E-state index in [1.807, 2.05) is 32.9 Å². The molecule has 0 aliphatic heterocycles. The normalized spacial score (nSPS) is 12.3. The quantitative estimate of drug-likeness (QED) is 0.244. The highest BCUT2D eigenvalue weighted by Crippen LogP contribution is 2.10. The van der Waals surface area contributed by atoms with Gasteiger partial charge in [-0.25, -0.2) is 4.98 Å². The molecule has 0 spiro atoms. The maximum absolute atomic E-state index is 12.0. The van der Waals surface area contributed by atoms with E-state index in [0.29, 0.717) is 31.2 Å². The number of nitrogens with zero attached hydrogens (tertiary/aromatic N) is 2. The minimum Gasteiger partial charge on any atom is -0.378 e. The summed E-state index contributed by atoms with van der Waals surface area (Å²) in [4.78, 5) is 20.9. The molecule has 7 nitrogen and oxygen atoms in total. The molecule has 8 heteroatoms. The molecule has 0 radical (unpaired) electrons. The van der Waals surface area contributed by atoms with Crippen LogP contribution in [0.1, 0.15) is 46.2 Å². The van der Waals surface area contributed by atoms with Crippen LogP contribution in [0, 0.1) is 12.8 Å². The van der Waals surface area contributed by atoms with Crippen LogP contribution in [0.4, 0.5) is 5.82 Å². The number of ether oxygens (including phenoxy) is 1. The van der Waals surface area contributed by atoms with Crippen molar-refractivity contribution in [3.63, 3.8) is 0 Å². The summed E-state index contributed by atoms with van der Waals surface area (Å²) in [7, 11) is 0. The summed E-state index contributed by atoms with van der Waals surface area (Å²) in [6.07, 6.45) is 1.43. The van der Waals surface area contributed by atoms with Gasteiger partial charge in [0.1, 0.15) is 5.82 Å². The number of aromatic nitrogens is 1. The van der Waals surface area contributed by atoms with Gasteiger partial charge in [0.05, 0.1) is 6.10 Å². The molecule has 1 heterocycles. The standard InChI is InChI=1S/C20H35N5O2.HI/c1-6-21-20(22-13-11-17(15(3)4)27-7-2)23-14-12-19(26)25-18-10-8-9-16(5)24-18;/h8-10,15,17H,6-7,11-14H2,1-5H3,(H2,21,22,23)(H,24,25,26);1H. The van der Waals surface area contributed by atoms with Crippen molar-refractivity contribution in [2.24, 2.45) is 10.9 Å². The summed E-state index contributed by atoms with van der Waals surface area (Å²) in [6, 6.07) is 5.55. The molecule has 1 aromatic heterocycles. The van der Waals surface area contributed by atoms with E-state index in [1.165, 1.54) is 0 Å². The monoisotopic (exact) mass is 505 g/mol. The molecular weight excluding hydrogens is 469 g/mol. The van der Waals surface area contributed by atoms with Crippen LogP contribution in [0.15, 0.2) is 23.2 Å². The van der Waals surface area contributed by atoms with Crippen LogP contribution in [-0.4, -0.2) is 49.2 Å². The van der Waals surface area contributed by atoms with E-state index in [9.17, 15) is 4.79 Å². The molecule has 0 aliphatic rings. The van der Waals surface area contributed by atoms with E-state index < -0.39 is 0 Å². The second-order valence-corrected chi connectivity index (χ2v) is 6.68. The van der Waals surface area contributed by atoms with Crippen molar-refractivity contribution < 1.29 is 9.53 Å². The van der Waals surface area contributed by atoms with E-state index in [-0.39, 0.29) is 36.0 Å². The summed E-state index contributed by atoms with van der Waals surface area (Å²) in [5.74, 6) is 1.69. The van der Waals surface area contributed by atoms with Gasteiger partial charge in [0.2, 0.25) is 5.91 Å². The van der Waals surface area contributed by atoms with Gasteiger partial charge in [-0.3, -0.25) is 9.79 Å². The Balaban J connectivity index is 0.00000729. The van der Waals surface area contributed by atoms with Crippen LogP contribution in [0.25, 0.3) is 0 Å². The number of pyridine rings is 1. The van der Waals surface area contributed by atoms with E-state index in [4.69, 9.17) is 4.74 Å². The number of aryl methyl sites for hydroxylation is 1. The molecule has 1 rings (SSSR count). The zero-order valence-electron chi connectivity index (χ0n) is 17.7. The SMILES string of the molecule is CCNC(=NCCC(OCC)C(C)C)NCCC(=O)Nc1cccc(C)n1.I. The number of halogens is 1. The smallest absolute Gasteiger partial charge is 0.227 e.